The van der Waals surface area contributed by atoms with E-state index in [0.717, 1.165) is 23.7 Å². The Balaban J connectivity index is 1.59. The summed E-state index contributed by atoms with van der Waals surface area (Å²) in [5.74, 6) is -1.49. The number of nitrogens with two attached hydrogens (primary N) is 1. The first-order valence-electron chi connectivity index (χ1n) is 8.30. The van der Waals surface area contributed by atoms with E-state index in [1.54, 1.807) is 12.1 Å². The van der Waals surface area contributed by atoms with E-state index in [2.05, 4.69) is 10.2 Å². The van der Waals surface area contributed by atoms with Gasteiger partial charge in [-0.3, -0.25) is 29.4 Å². The van der Waals surface area contributed by atoms with Crippen LogP contribution in [0.15, 0.2) is 18.2 Å². The molecular weight excluding hydrogens is 324 g/mol. The molecule has 130 valence electrons. The number of benzene rings is 1. The van der Waals surface area contributed by atoms with Crippen LogP contribution in [-0.4, -0.2) is 54.2 Å². The van der Waals surface area contributed by atoms with Gasteiger partial charge in [0.15, 0.2) is 0 Å². The van der Waals surface area contributed by atoms with Gasteiger partial charge in [0.1, 0.15) is 6.04 Å². The molecule has 8 heteroatoms. The fourth-order valence-electron chi connectivity index (χ4n) is 3.59. The van der Waals surface area contributed by atoms with Crippen LogP contribution < -0.4 is 16.0 Å². The molecule has 3 heterocycles. The molecule has 0 saturated carbocycles. The van der Waals surface area contributed by atoms with Crippen LogP contribution >= 0.6 is 0 Å². The van der Waals surface area contributed by atoms with E-state index in [1.807, 2.05) is 6.07 Å². The Labute approximate surface area is 143 Å². The van der Waals surface area contributed by atoms with Gasteiger partial charge in [-0.15, -0.1) is 0 Å². The lowest BCUT2D eigenvalue weighted by atomic mass is 9.98. The first-order chi connectivity index (χ1) is 12.0. The topological polar surface area (TPSA) is 113 Å². The second-order valence-corrected chi connectivity index (χ2v) is 6.68. The number of nitrogens with one attached hydrogen (secondary N) is 1. The minimum Gasteiger partial charge on any atom is -0.371 e. The summed E-state index contributed by atoms with van der Waals surface area (Å²) >= 11 is 0. The number of fused-ring (bicyclic) bond motifs is 1. The van der Waals surface area contributed by atoms with E-state index in [-0.39, 0.29) is 18.7 Å². The van der Waals surface area contributed by atoms with Crippen LogP contribution in [0.2, 0.25) is 0 Å². The average Bonchev–Trinajstić information content (AvgIpc) is 2.78. The second-order valence-electron chi connectivity index (χ2n) is 6.68. The van der Waals surface area contributed by atoms with Gasteiger partial charge in [-0.05, 0) is 31.2 Å². The maximum absolute atomic E-state index is 12.7. The summed E-state index contributed by atoms with van der Waals surface area (Å²) in [4.78, 5) is 51.8. The van der Waals surface area contributed by atoms with Crippen LogP contribution in [-0.2, 0) is 9.59 Å². The van der Waals surface area contributed by atoms with Gasteiger partial charge >= 0.3 is 0 Å². The third kappa shape index (κ3) is 2.41. The Kier molecular flexibility index (Phi) is 3.57. The lowest BCUT2D eigenvalue weighted by molar-refractivity contribution is -0.136. The molecule has 4 rings (SSSR count). The molecule has 1 aromatic rings. The summed E-state index contributed by atoms with van der Waals surface area (Å²) in [7, 11) is 0. The van der Waals surface area contributed by atoms with Gasteiger partial charge in [-0.25, -0.2) is 0 Å². The smallest absolute Gasteiger partial charge is 0.262 e. The zero-order valence-corrected chi connectivity index (χ0v) is 13.5. The number of imide groups is 2. The number of piperidine rings is 1. The van der Waals surface area contributed by atoms with E-state index in [4.69, 9.17) is 5.73 Å². The van der Waals surface area contributed by atoms with Crippen LogP contribution in [0.25, 0.3) is 0 Å². The molecule has 4 amide bonds. The number of hydrogen-bond acceptors (Lipinski definition) is 6. The van der Waals surface area contributed by atoms with Gasteiger partial charge in [0.2, 0.25) is 11.8 Å². The number of amides is 4. The van der Waals surface area contributed by atoms with Crippen molar-refractivity contribution in [1.82, 2.24) is 10.2 Å². The molecular formula is C17H18N4O4. The summed E-state index contributed by atoms with van der Waals surface area (Å²) < 4.78 is 0. The highest BCUT2D eigenvalue weighted by atomic mass is 16.2. The molecule has 0 aromatic heterocycles. The number of carbonyl (C=O) groups is 4. The molecule has 25 heavy (non-hydrogen) atoms. The minimum absolute atomic E-state index is 0.114. The summed E-state index contributed by atoms with van der Waals surface area (Å²) in [6.45, 7) is 2.28. The van der Waals surface area contributed by atoms with Crippen LogP contribution in [0.1, 0.15) is 33.6 Å². The quantitative estimate of drug-likeness (QED) is 0.715. The maximum Gasteiger partial charge on any atom is 0.262 e. The van der Waals surface area contributed by atoms with Crippen LogP contribution in [0, 0.1) is 5.92 Å². The predicted octanol–water partition coefficient (Wildman–Crippen LogP) is -0.517. The molecule has 0 radical (unpaired) electrons. The normalized spacial score (nSPS) is 23.6. The fourth-order valence-corrected chi connectivity index (χ4v) is 3.59. The molecule has 3 N–H and O–H groups in total. The third-order valence-electron chi connectivity index (χ3n) is 5.08. The second kappa shape index (κ2) is 5.66. The largest absolute Gasteiger partial charge is 0.371 e. The van der Waals surface area contributed by atoms with Crippen molar-refractivity contribution in [3.05, 3.63) is 29.3 Å². The van der Waals surface area contributed by atoms with Crippen molar-refractivity contribution in [2.75, 3.05) is 24.5 Å². The Bertz CT molecular complexity index is 800. The van der Waals surface area contributed by atoms with Gasteiger partial charge in [0, 0.05) is 31.1 Å². The zero-order chi connectivity index (χ0) is 17.7. The summed E-state index contributed by atoms with van der Waals surface area (Å²) in [5.41, 5.74) is 7.11. The summed E-state index contributed by atoms with van der Waals surface area (Å²) in [5, 5.41) is 2.19. The van der Waals surface area contributed by atoms with Crippen molar-refractivity contribution < 1.29 is 19.2 Å². The number of carbonyl (C=O) groups excluding carboxylic acids is 4. The van der Waals surface area contributed by atoms with Crippen LogP contribution in [0.3, 0.4) is 0 Å². The molecule has 3 aliphatic heterocycles. The highest BCUT2D eigenvalue weighted by Crippen LogP contribution is 2.32. The fraction of sp³-hybridized carbons (Fsp3) is 0.412. The van der Waals surface area contributed by atoms with Crippen LogP contribution in [0.5, 0.6) is 0 Å². The SMILES string of the molecule is NCC1CN(c2ccc3c(c2)C(=O)N(C2CCC(=O)NC2=O)C3=O)C1. The van der Waals surface area contributed by atoms with E-state index in [9.17, 15) is 19.2 Å². The van der Waals surface area contributed by atoms with Crippen LogP contribution in [0.4, 0.5) is 5.69 Å². The van der Waals surface area contributed by atoms with Gasteiger partial charge in [-0.1, -0.05) is 0 Å². The lowest BCUT2D eigenvalue weighted by Crippen LogP contribution is -2.54. The molecule has 8 nitrogen and oxygen atoms in total. The summed E-state index contributed by atoms with van der Waals surface area (Å²) in [6.07, 6.45) is 0.274. The monoisotopic (exact) mass is 342 g/mol. The number of rotatable bonds is 3. The van der Waals surface area contributed by atoms with Crippen molar-refractivity contribution in [1.29, 1.82) is 0 Å². The molecule has 0 aliphatic carbocycles. The van der Waals surface area contributed by atoms with Crippen molar-refractivity contribution >= 4 is 29.3 Å². The highest BCUT2D eigenvalue weighted by Gasteiger charge is 2.44. The van der Waals surface area contributed by atoms with Crippen molar-refractivity contribution in [2.24, 2.45) is 11.7 Å². The van der Waals surface area contributed by atoms with E-state index >= 15 is 0 Å². The number of anilines is 1. The molecule has 0 bridgehead atoms. The van der Waals surface area contributed by atoms with E-state index in [0.29, 0.717) is 23.6 Å². The summed E-state index contributed by atoms with van der Waals surface area (Å²) in [6, 6.07) is 4.21. The third-order valence-corrected chi connectivity index (χ3v) is 5.08. The Morgan fingerprint density at radius 1 is 1.08 bits per heavy atom. The highest BCUT2D eigenvalue weighted by molar-refractivity contribution is 6.23. The Morgan fingerprint density at radius 3 is 2.48 bits per heavy atom. The van der Waals surface area contributed by atoms with Gasteiger partial charge in [0.05, 0.1) is 11.1 Å². The molecule has 2 saturated heterocycles. The zero-order valence-electron chi connectivity index (χ0n) is 13.5. The number of hydrogen-bond donors (Lipinski definition) is 2. The number of nitrogens with zero attached hydrogens (tertiary/aromatic N) is 2. The van der Waals surface area contributed by atoms with Gasteiger partial charge in [-0.2, -0.15) is 0 Å². The standard InChI is InChI=1S/C17H18N4O4/c18-6-9-7-20(8-9)10-1-2-11-12(5-10)17(25)21(16(11)24)13-3-4-14(22)19-15(13)23/h1-2,5,9,13H,3-4,6-8,18H2,(H,19,22,23). The molecule has 3 aliphatic rings. The van der Waals surface area contributed by atoms with Crippen molar-refractivity contribution in [3.63, 3.8) is 0 Å². The van der Waals surface area contributed by atoms with Gasteiger partial charge < -0.3 is 10.6 Å². The molecule has 0 spiro atoms. The van der Waals surface area contributed by atoms with E-state index in [1.165, 1.54) is 0 Å². The minimum atomic E-state index is -0.931. The van der Waals surface area contributed by atoms with Crippen molar-refractivity contribution in [2.45, 2.75) is 18.9 Å². The molecule has 1 unspecified atom stereocenters. The first kappa shape index (κ1) is 15.8. The molecule has 1 aromatic carbocycles. The Morgan fingerprint density at radius 2 is 1.80 bits per heavy atom. The van der Waals surface area contributed by atoms with Gasteiger partial charge in [0.25, 0.3) is 11.8 Å². The first-order valence-corrected chi connectivity index (χ1v) is 8.30. The lowest BCUT2D eigenvalue weighted by Gasteiger charge is -2.40. The van der Waals surface area contributed by atoms with E-state index < -0.39 is 23.8 Å². The van der Waals surface area contributed by atoms with Crippen molar-refractivity contribution in [3.8, 4) is 0 Å². The average molecular weight is 342 g/mol. The predicted molar refractivity (Wildman–Crippen MR) is 87.9 cm³/mol. The molecule has 2 fully saturated rings. The maximum atomic E-state index is 12.7. The Hall–Kier alpha value is -2.74. The molecule has 1 atom stereocenters.